The minimum atomic E-state index is -0.885. The number of carbonyl (C=O) groups excluding carboxylic acids is 1. The Morgan fingerprint density at radius 2 is 2.05 bits per heavy atom. The fourth-order valence-electron chi connectivity index (χ4n) is 2.03. The van der Waals surface area contributed by atoms with Crippen molar-refractivity contribution < 1.29 is 14.7 Å². The predicted octanol–water partition coefficient (Wildman–Crippen LogP) is 0.546. The van der Waals surface area contributed by atoms with E-state index in [-0.39, 0.29) is 30.2 Å². The SMILES string of the molecule is Cc1nc(C)c(CCC(=O)NCC(C)CC(=O)O)c(=O)[nH]1. The Bertz CT molecular complexity index is 580. The molecular formula is C14H21N3O4. The fraction of sp³-hybridized carbons (Fsp3) is 0.571. The van der Waals surface area contributed by atoms with E-state index < -0.39 is 5.97 Å². The maximum absolute atomic E-state index is 11.8. The zero-order chi connectivity index (χ0) is 16.0. The van der Waals surface area contributed by atoms with E-state index in [1.807, 2.05) is 0 Å². The molecule has 1 amide bonds. The molecule has 0 aliphatic rings. The number of rotatable bonds is 7. The molecule has 1 unspecified atom stereocenters. The van der Waals surface area contributed by atoms with E-state index in [0.29, 0.717) is 30.0 Å². The maximum atomic E-state index is 11.8. The third-order valence-corrected chi connectivity index (χ3v) is 3.11. The number of hydrogen-bond donors (Lipinski definition) is 3. The molecule has 21 heavy (non-hydrogen) atoms. The highest BCUT2D eigenvalue weighted by Gasteiger charge is 2.12. The number of H-pyrrole nitrogens is 1. The molecule has 0 aliphatic carbocycles. The Morgan fingerprint density at radius 3 is 2.62 bits per heavy atom. The molecule has 0 aromatic carbocycles. The van der Waals surface area contributed by atoms with Gasteiger partial charge in [-0.3, -0.25) is 14.4 Å². The number of aromatic nitrogens is 2. The van der Waals surface area contributed by atoms with Crippen molar-refractivity contribution in [1.82, 2.24) is 15.3 Å². The van der Waals surface area contributed by atoms with Crippen LogP contribution >= 0.6 is 0 Å². The van der Waals surface area contributed by atoms with Gasteiger partial charge in [-0.15, -0.1) is 0 Å². The van der Waals surface area contributed by atoms with Gasteiger partial charge in [0.2, 0.25) is 5.91 Å². The second kappa shape index (κ2) is 7.56. The van der Waals surface area contributed by atoms with Crippen molar-refractivity contribution in [2.45, 2.75) is 40.0 Å². The summed E-state index contributed by atoms with van der Waals surface area (Å²) in [4.78, 5) is 40.8. The van der Waals surface area contributed by atoms with Gasteiger partial charge in [-0.25, -0.2) is 4.98 Å². The smallest absolute Gasteiger partial charge is 0.303 e. The molecule has 0 bridgehead atoms. The summed E-state index contributed by atoms with van der Waals surface area (Å²) in [6.45, 7) is 5.51. The lowest BCUT2D eigenvalue weighted by Crippen LogP contribution is -2.30. The lowest BCUT2D eigenvalue weighted by molar-refractivity contribution is -0.138. The van der Waals surface area contributed by atoms with Crippen molar-refractivity contribution in [2.24, 2.45) is 5.92 Å². The zero-order valence-corrected chi connectivity index (χ0v) is 12.5. The molecule has 1 aromatic rings. The normalized spacial score (nSPS) is 12.0. The standard InChI is InChI=1S/C14H21N3O4/c1-8(6-13(19)20)7-15-12(18)5-4-11-9(2)16-10(3)17-14(11)21/h8H,4-7H2,1-3H3,(H,15,18)(H,19,20)(H,16,17,21). The number of aliphatic carboxylic acids is 1. The molecular weight excluding hydrogens is 274 g/mol. The quantitative estimate of drug-likeness (QED) is 0.680. The van der Waals surface area contributed by atoms with E-state index in [0.717, 1.165) is 0 Å². The average molecular weight is 295 g/mol. The zero-order valence-electron chi connectivity index (χ0n) is 12.5. The highest BCUT2D eigenvalue weighted by Crippen LogP contribution is 2.03. The number of carboxylic acids is 1. The van der Waals surface area contributed by atoms with Gasteiger partial charge >= 0.3 is 5.97 Å². The first kappa shape index (κ1) is 16.9. The molecule has 1 atom stereocenters. The van der Waals surface area contributed by atoms with Crippen molar-refractivity contribution in [3.63, 3.8) is 0 Å². The number of nitrogens with zero attached hydrogens (tertiary/aromatic N) is 1. The van der Waals surface area contributed by atoms with Gasteiger partial charge in [-0.2, -0.15) is 0 Å². The second-order valence-electron chi connectivity index (χ2n) is 5.22. The second-order valence-corrected chi connectivity index (χ2v) is 5.22. The van der Waals surface area contributed by atoms with E-state index >= 15 is 0 Å². The summed E-state index contributed by atoms with van der Waals surface area (Å²) in [7, 11) is 0. The Labute approximate surface area is 122 Å². The third kappa shape index (κ3) is 5.76. The molecule has 0 fully saturated rings. The van der Waals surface area contributed by atoms with Crippen molar-refractivity contribution in [3.8, 4) is 0 Å². The minimum Gasteiger partial charge on any atom is -0.481 e. The molecule has 0 aliphatic heterocycles. The number of amides is 1. The van der Waals surface area contributed by atoms with E-state index in [1.165, 1.54) is 0 Å². The summed E-state index contributed by atoms with van der Waals surface area (Å²) in [5.41, 5.74) is 0.921. The van der Waals surface area contributed by atoms with Crippen LogP contribution in [0, 0.1) is 19.8 Å². The number of carbonyl (C=O) groups is 2. The average Bonchev–Trinajstić information content (AvgIpc) is 2.34. The molecule has 7 heteroatoms. The molecule has 1 aromatic heterocycles. The van der Waals surface area contributed by atoms with Crippen molar-refractivity contribution >= 4 is 11.9 Å². The minimum absolute atomic E-state index is 0.0148. The highest BCUT2D eigenvalue weighted by molar-refractivity contribution is 5.76. The molecule has 3 N–H and O–H groups in total. The predicted molar refractivity (Wildman–Crippen MR) is 77.1 cm³/mol. The van der Waals surface area contributed by atoms with Crippen LogP contribution in [0.5, 0.6) is 0 Å². The van der Waals surface area contributed by atoms with Crippen LogP contribution in [-0.2, 0) is 16.0 Å². The summed E-state index contributed by atoms with van der Waals surface area (Å²) < 4.78 is 0. The van der Waals surface area contributed by atoms with Crippen molar-refractivity contribution in [3.05, 3.63) is 27.4 Å². The number of aromatic amines is 1. The number of hydrogen-bond acceptors (Lipinski definition) is 4. The lowest BCUT2D eigenvalue weighted by atomic mass is 10.1. The van der Waals surface area contributed by atoms with Gasteiger partial charge in [0.25, 0.3) is 5.56 Å². The monoisotopic (exact) mass is 295 g/mol. The van der Waals surface area contributed by atoms with Crippen LogP contribution in [0.2, 0.25) is 0 Å². The van der Waals surface area contributed by atoms with Crippen LogP contribution in [-0.4, -0.2) is 33.5 Å². The van der Waals surface area contributed by atoms with Crippen molar-refractivity contribution in [1.29, 1.82) is 0 Å². The summed E-state index contributed by atoms with van der Waals surface area (Å²) in [5.74, 6) is -0.665. The number of aryl methyl sites for hydroxylation is 2. The number of nitrogens with one attached hydrogen (secondary N) is 2. The molecule has 1 heterocycles. The van der Waals surface area contributed by atoms with Gasteiger partial charge in [-0.05, 0) is 26.2 Å². The van der Waals surface area contributed by atoms with Crippen LogP contribution in [0.1, 0.15) is 36.8 Å². The Kier molecular flexibility index (Phi) is 6.08. The van der Waals surface area contributed by atoms with E-state index in [1.54, 1.807) is 20.8 Å². The van der Waals surface area contributed by atoms with Gasteiger partial charge in [0, 0.05) is 30.6 Å². The molecule has 7 nitrogen and oxygen atoms in total. The van der Waals surface area contributed by atoms with Crippen molar-refractivity contribution in [2.75, 3.05) is 6.54 Å². The van der Waals surface area contributed by atoms with E-state index in [9.17, 15) is 14.4 Å². The number of carboxylic acid groups (broad SMARTS) is 1. The van der Waals surface area contributed by atoms with Crippen LogP contribution in [0.15, 0.2) is 4.79 Å². The first-order valence-corrected chi connectivity index (χ1v) is 6.84. The molecule has 0 radical (unpaired) electrons. The fourth-order valence-corrected chi connectivity index (χ4v) is 2.03. The molecule has 0 saturated carbocycles. The Balaban J connectivity index is 2.47. The summed E-state index contributed by atoms with van der Waals surface area (Å²) in [6, 6.07) is 0. The Morgan fingerprint density at radius 1 is 1.38 bits per heavy atom. The van der Waals surface area contributed by atoms with Crippen LogP contribution < -0.4 is 10.9 Å². The first-order chi connectivity index (χ1) is 9.79. The largest absolute Gasteiger partial charge is 0.481 e. The first-order valence-electron chi connectivity index (χ1n) is 6.84. The van der Waals surface area contributed by atoms with Gasteiger partial charge in [-0.1, -0.05) is 6.92 Å². The lowest BCUT2D eigenvalue weighted by Gasteiger charge is -2.10. The summed E-state index contributed by atoms with van der Waals surface area (Å²) >= 11 is 0. The third-order valence-electron chi connectivity index (χ3n) is 3.11. The summed E-state index contributed by atoms with van der Waals surface area (Å²) in [6.07, 6.45) is 0.503. The maximum Gasteiger partial charge on any atom is 0.303 e. The van der Waals surface area contributed by atoms with Crippen LogP contribution in [0.25, 0.3) is 0 Å². The Hall–Kier alpha value is -2.18. The van der Waals surface area contributed by atoms with Gasteiger partial charge in [0.05, 0.1) is 0 Å². The van der Waals surface area contributed by atoms with E-state index in [4.69, 9.17) is 5.11 Å². The molecule has 0 saturated heterocycles. The highest BCUT2D eigenvalue weighted by atomic mass is 16.4. The van der Waals surface area contributed by atoms with Crippen LogP contribution in [0.3, 0.4) is 0 Å². The van der Waals surface area contributed by atoms with Crippen LogP contribution in [0.4, 0.5) is 0 Å². The molecule has 0 spiro atoms. The molecule has 1 rings (SSSR count). The topological polar surface area (TPSA) is 112 Å². The van der Waals surface area contributed by atoms with Gasteiger partial charge in [0.1, 0.15) is 5.82 Å². The van der Waals surface area contributed by atoms with Gasteiger partial charge in [0.15, 0.2) is 0 Å². The van der Waals surface area contributed by atoms with Gasteiger partial charge < -0.3 is 15.4 Å². The summed E-state index contributed by atoms with van der Waals surface area (Å²) in [5, 5.41) is 11.3. The molecule has 116 valence electrons. The van der Waals surface area contributed by atoms with E-state index in [2.05, 4.69) is 15.3 Å².